The number of amides is 1. The van der Waals surface area contributed by atoms with Crippen molar-refractivity contribution in [3.8, 4) is 11.5 Å². The van der Waals surface area contributed by atoms with Gasteiger partial charge in [-0.15, -0.1) is 0 Å². The van der Waals surface area contributed by atoms with Gasteiger partial charge in [0.25, 0.3) is 0 Å². The summed E-state index contributed by atoms with van der Waals surface area (Å²) in [6, 6.07) is 5.69. The summed E-state index contributed by atoms with van der Waals surface area (Å²) in [5.74, 6) is 1.42. The molecule has 7 heteroatoms. The number of rotatable bonds is 5. The summed E-state index contributed by atoms with van der Waals surface area (Å²) in [4.78, 5) is 30.2. The monoisotopic (exact) mass is 357 g/mol. The van der Waals surface area contributed by atoms with E-state index in [0.29, 0.717) is 37.3 Å². The molecule has 1 aliphatic rings. The maximum Gasteiger partial charge on any atom is 0.345 e. The number of aryl methyl sites for hydroxylation is 2. The highest BCUT2D eigenvalue weighted by molar-refractivity contribution is 5.76. The van der Waals surface area contributed by atoms with Crippen molar-refractivity contribution in [2.24, 2.45) is 0 Å². The number of fused-ring (bicyclic) bond motifs is 1. The van der Waals surface area contributed by atoms with Crippen molar-refractivity contribution in [3.05, 3.63) is 51.2 Å². The lowest BCUT2D eigenvalue weighted by molar-refractivity contribution is -0.122. The molecular formula is C19H23N3O4. The average molecular weight is 357 g/mol. The Hall–Kier alpha value is -2.83. The lowest BCUT2D eigenvalue weighted by Gasteiger charge is -2.27. The van der Waals surface area contributed by atoms with Crippen LogP contribution in [0.3, 0.4) is 0 Å². The van der Waals surface area contributed by atoms with Crippen molar-refractivity contribution in [2.45, 2.75) is 39.2 Å². The minimum Gasteiger partial charge on any atom is -0.493 e. The standard InChI is InChI=1S/C19H23N3O4/c1-11-15(12(2)21-19(24)20-11)7-8-17(23)22-14-9-13-5-4-6-16(25-3)18(13)26-10-14/h4-6,14H,7-10H2,1-3H3,(H,22,23)(H,20,21,24)/t14-/m0/s1. The van der Waals surface area contributed by atoms with E-state index in [4.69, 9.17) is 9.47 Å². The third kappa shape index (κ3) is 3.87. The second kappa shape index (κ2) is 7.59. The van der Waals surface area contributed by atoms with Gasteiger partial charge in [0.2, 0.25) is 5.91 Å². The van der Waals surface area contributed by atoms with Gasteiger partial charge in [0, 0.05) is 23.4 Å². The van der Waals surface area contributed by atoms with Crippen molar-refractivity contribution < 1.29 is 14.3 Å². The minimum absolute atomic E-state index is 0.0463. The number of aromatic nitrogens is 2. The quantitative estimate of drug-likeness (QED) is 0.845. The first-order valence-corrected chi connectivity index (χ1v) is 8.62. The fraction of sp³-hybridized carbons (Fsp3) is 0.421. The summed E-state index contributed by atoms with van der Waals surface area (Å²) in [5.41, 5.74) is 3.01. The van der Waals surface area contributed by atoms with Crippen LogP contribution in [0.25, 0.3) is 0 Å². The van der Waals surface area contributed by atoms with Crippen LogP contribution in [0.2, 0.25) is 0 Å². The van der Waals surface area contributed by atoms with Gasteiger partial charge in [-0.05, 0) is 38.3 Å². The number of hydrogen-bond donors (Lipinski definition) is 2. The largest absolute Gasteiger partial charge is 0.493 e. The number of aromatic amines is 1. The zero-order valence-electron chi connectivity index (χ0n) is 15.2. The van der Waals surface area contributed by atoms with Crippen molar-refractivity contribution >= 4 is 5.91 Å². The first-order valence-electron chi connectivity index (χ1n) is 8.62. The molecule has 2 heterocycles. The van der Waals surface area contributed by atoms with Crippen LogP contribution in [0, 0.1) is 13.8 Å². The normalized spacial score (nSPS) is 15.7. The van der Waals surface area contributed by atoms with E-state index in [9.17, 15) is 9.59 Å². The zero-order valence-corrected chi connectivity index (χ0v) is 15.2. The molecule has 1 aliphatic heterocycles. The molecule has 3 rings (SSSR count). The number of carbonyl (C=O) groups excluding carboxylic acids is 1. The van der Waals surface area contributed by atoms with Crippen LogP contribution >= 0.6 is 0 Å². The van der Waals surface area contributed by atoms with Gasteiger partial charge in [0.1, 0.15) is 6.61 Å². The molecule has 2 aromatic rings. The number of hydrogen-bond acceptors (Lipinski definition) is 5. The summed E-state index contributed by atoms with van der Waals surface area (Å²) < 4.78 is 11.1. The Kier molecular flexibility index (Phi) is 5.25. The van der Waals surface area contributed by atoms with Gasteiger partial charge in [-0.25, -0.2) is 4.79 Å². The van der Waals surface area contributed by atoms with Gasteiger partial charge in [-0.1, -0.05) is 12.1 Å². The summed E-state index contributed by atoms with van der Waals surface area (Å²) >= 11 is 0. The van der Waals surface area contributed by atoms with Gasteiger partial charge in [-0.3, -0.25) is 4.79 Å². The van der Waals surface area contributed by atoms with Crippen LogP contribution in [0.4, 0.5) is 0 Å². The predicted molar refractivity (Wildman–Crippen MR) is 96.8 cm³/mol. The third-order valence-electron chi connectivity index (χ3n) is 4.60. The number of ether oxygens (including phenoxy) is 2. The molecule has 1 aromatic heterocycles. The summed E-state index contributed by atoms with van der Waals surface area (Å²) in [6.07, 6.45) is 1.57. The second-order valence-corrected chi connectivity index (χ2v) is 6.46. The molecule has 1 atom stereocenters. The van der Waals surface area contributed by atoms with Crippen molar-refractivity contribution in [2.75, 3.05) is 13.7 Å². The van der Waals surface area contributed by atoms with E-state index in [-0.39, 0.29) is 17.6 Å². The molecule has 0 bridgehead atoms. The molecule has 0 saturated carbocycles. The number of carbonyl (C=O) groups is 1. The zero-order chi connectivity index (χ0) is 18.7. The molecule has 0 aliphatic carbocycles. The van der Waals surface area contributed by atoms with E-state index in [1.807, 2.05) is 25.1 Å². The Morgan fingerprint density at radius 3 is 2.96 bits per heavy atom. The van der Waals surface area contributed by atoms with Crippen molar-refractivity contribution in [1.82, 2.24) is 15.3 Å². The van der Waals surface area contributed by atoms with Crippen LogP contribution < -0.4 is 20.5 Å². The highest BCUT2D eigenvalue weighted by Gasteiger charge is 2.23. The van der Waals surface area contributed by atoms with E-state index < -0.39 is 0 Å². The van der Waals surface area contributed by atoms with Crippen molar-refractivity contribution in [3.63, 3.8) is 0 Å². The molecule has 1 aromatic carbocycles. The first-order chi connectivity index (χ1) is 12.5. The van der Waals surface area contributed by atoms with Crippen LogP contribution in [0.15, 0.2) is 23.0 Å². The number of nitrogens with zero attached hydrogens (tertiary/aromatic N) is 1. The highest BCUT2D eigenvalue weighted by atomic mass is 16.5. The number of para-hydroxylation sites is 1. The van der Waals surface area contributed by atoms with Gasteiger partial charge in [0.05, 0.1) is 13.2 Å². The van der Waals surface area contributed by atoms with Gasteiger partial charge in [0.15, 0.2) is 11.5 Å². The lowest BCUT2D eigenvalue weighted by atomic mass is 10.0. The molecule has 0 saturated heterocycles. The fourth-order valence-corrected chi connectivity index (χ4v) is 3.31. The fourth-order valence-electron chi connectivity index (χ4n) is 3.31. The van der Waals surface area contributed by atoms with Gasteiger partial charge in [-0.2, -0.15) is 4.98 Å². The minimum atomic E-state index is -0.360. The van der Waals surface area contributed by atoms with E-state index in [1.165, 1.54) is 0 Å². The Labute approximate surface area is 151 Å². The van der Waals surface area contributed by atoms with Gasteiger partial charge < -0.3 is 19.8 Å². The van der Waals surface area contributed by atoms with E-state index in [1.54, 1.807) is 14.0 Å². The lowest BCUT2D eigenvalue weighted by Crippen LogP contribution is -2.42. The second-order valence-electron chi connectivity index (χ2n) is 6.46. The maximum atomic E-state index is 12.3. The molecule has 0 unspecified atom stereocenters. The Morgan fingerprint density at radius 2 is 2.23 bits per heavy atom. The SMILES string of the molecule is COc1cccc2c1OC[C@@H](NC(=O)CCc1c(C)nc(=O)[nH]c1C)C2. The smallest absolute Gasteiger partial charge is 0.345 e. The molecular weight excluding hydrogens is 334 g/mol. The van der Waals surface area contributed by atoms with E-state index in [0.717, 1.165) is 22.6 Å². The maximum absolute atomic E-state index is 12.3. The molecule has 7 nitrogen and oxygen atoms in total. The van der Waals surface area contributed by atoms with Crippen LogP contribution in [-0.4, -0.2) is 35.6 Å². The van der Waals surface area contributed by atoms with E-state index in [2.05, 4.69) is 15.3 Å². The average Bonchev–Trinajstić information content (AvgIpc) is 2.60. The molecule has 0 radical (unpaired) electrons. The predicted octanol–water partition coefficient (Wildman–Crippen LogP) is 1.45. The Bertz CT molecular complexity index is 849. The first kappa shape index (κ1) is 18.0. The Balaban J connectivity index is 1.59. The number of H-pyrrole nitrogens is 1. The topological polar surface area (TPSA) is 93.3 Å². The summed E-state index contributed by atoms with van der Waals surface area (Å²) in [5, 5.41) is 3.02. The number of methoxy groups -OCH3 is 1. The van der Waals surface area contributed by atoms with Gasteiger partial charge >= 0.3 is 5.69 Å². The molecule has 26 heavy (non-hydrogen) atoms. The molecule has 0 fully saturated rings. The van der Waals surface area contributed by atoms with E-state index >= 15 is 0 Å². The molecule has 1 amide bonds. The molecule has 2 N–H and O–H groups in total. The van der Waals surface area contributed by atoms with Crippen molar-refractivity contribution in [1.29, 1.82) is 0 Å². The number of benzene rings is 1. The molecule has 138 valence electrons. The molecule has 0 spiro atoms. The van der Waals surface area contributed by atoms with Crippen LogP contribution in [0.1, 0.15) is 28.9 Å². The van der Waals surface area contributed by atoms with Crippen LogP contribution in [0.5, 0.6) is 11.5 Å². The Morgan fingerprint density at radius 1 is 1.42 bits per heavy atom. The third-order valence-corrected chi connectivity index (χ3v) is 4.60. The van der Waals surface area contributed by atoms with Crippen LogP contribution in [-0.2, 0) is 17.6 Å². The summed E-state index contributed by atoms with van der Waals surface area (Å²) in [7, 11) is 1.61. The summed E-state index contributed by atoms with van der Waals surface area (Å²) in [6.45, 7) is 4.02. The highest BCUT2D eigenvalue weighted by Crippen LogP contribution is 2.34. The number of nitrogens with one attached hydrogen (secondary N) is 2.